The number of amides is 1. The van der Waals surface area contributed by atoms with Crippen LogP contribution in [0.25, 0.3) is 11.3 Å². The maximum absolute atomic E-state index is 13.5. The van der Waals surface area contributed by atoms with E-state index in [0.29, 0.717) is 4.68 Å². The van der Waals surface area contributed by atoms with Crippen molar-refractivity contribution in [1.82, 2.24) is 18.7 Å². The standard InChI is InChI=1S/C20H13F4N5O3/c21-12-4-3-5-13(10-12)27-8-9-28-17(18(27)31)26-29(19(28)32)11-16(30)25-15-7-2-1-6-14(15)20(22,23)24/h1-10H,11H2,(H,25,30). The Balaban J connectivity index is 1.66. The number of aromatic nitrogens is 4. The number of fused-ring (bicyclic) bond motifs is 1. The molecule has 0 spiro atoms. The molecule has 0 aliphatic carbocycles. The molecule has 0 radical (unpaired) electrons. The molecular formula is C20H13F4N5O3. The van der Waals surface area contributed by atoms with E-state index in [0.717, 1.165) is 27.2 Å². The van der Waals surface area contributed by atoms with E-state index in [1.54, 1.807) is 0 Å². The van der Waals surface area contributed by atoms with E-state index in [1.807, 2.05) is 0 Å². The molecule has 2 aromatic carbocycles. The molecule has 0 bridgehead atoms. The average Bonchev–Trinajstić information content (AvgIpc) is 3.04. The van der Waals surface area contributed by atoms with Gasteiger partial charge in [-0.2, -0.15) is 13.2 Å². The van der Waals surface area contributed by atoms with Crippen molar-refractivity contribution in [3.8, 4) is 5.69 Å². The summed E-state index contributed by atoms with van der Waals surface area (Å²) in [4.78, 5) is 37.5. The maximum atomic E-state index is 13.5. The smallest absolute Gasteiger partial charge is 0.324 e. The number of nitrogens with zero attached hydrogens (tertiary/aromatic N) is 4. The molecule has 0 fully saturated rings. The van der Waals surface area contributed by atoms with Crippen molar-refractivity contribution >= 4 is 17.2 Å². The van der Waals surface area contributed by atoms with Crippen molar-refractivity contribution in [1.29, 1.82) is 0 Å². The molecule has 0 atom stereocenters. The Labute approximate surface area is 176 Å². The van der Waals surface area contributed by atoms with Crippen LogP contribution in [0.15, 0.2) is 70.5 Å². The molecule has 2 aromatic heterocycles. The summed E-state index contributed by atoms with van der Waals surface area (Å²) in [5.74, 6) is -1.52. The van der Waals surface area contributed by atoms with Crippen molar-refractivity contribution in [3.05, 3.63) is 93.1 Å². The Hall–Kier alpha value is -4.22. The Kier molecular flexibility index (Phi) is 5.12. The van der Waals surface area contributed by atoms with Crippen LogP contribution in [0.5, 0.6) is 0 Å². The average molecular weight is 447 g/mol. The highest BCUT2D eigenvalue weighted by molar-refractivity contribution is 5.91. The molecule has 0 saturated heterocycles. The largest absolute Gasteiger partial charge is 0.418 e. The van der Waals surface area contributed by atoms with E-state index in [-0.39, 0.29) is 11.3 Å². The maximum Gasteiger partial charge on any atom is 0.418 e. The summed E-state index contributed by atoms with van der Waals surface area (Å²) in [5.41, 5.74) is -3.27. The lowest BCUT2D eigenvalue weighted by Crippen LogP contribution is -2.29. The van der Waals surface area contributed by atoms with Crippen LogP contribution in [-0.4, -0.2) is 24.7 Å². The van der Waals surface area contributed by atoms with Gasteiger partial charge in [0, 0.05) is 12.4 Å². The van der Waals surface area contributed by atoms with E-state index in [2.05, 4.69) is 10.4 Å². The van der Waals surface area contributed by atoms with Gasteiger partial charge in [-0.15, -0.1) is 5.10 Å². The molecule has 2 heterocycles. The van der Waals surface area contributed by atoms with Gasteiger partial charge < -0.3 is 5.32 Å². The van der Waals surface area contributed by atoms with Gasteiger partial charge in [-0.3, -0.25) is 14.2 Å². The molecule has 1 amide bonds. The van der Waals surface area contributed by atoms with Crippen molar-refractivity contribution in [2.75, 3.05) is 5.32 Å². The molecule has 0 aliphatic heterocycles. The van der Waals surface area contributed by atoms with Gasteiger partial charge in [-0.25, -0.2) is 18.3 Å². The number of para-hydroxylation sites is 1. The number of anilines is 1. The van der Waals surface area contributed by atoms with Crippen LogP contribution in [0.1, 0.15) is 5.56 Å². The Morgan fingerprint density at radius 2 is 1.78 bits per heavy atom. The van der Waals surface area contributed by atoms with Gasteiger partial charge in [0.1, 0.15) is 12.4 Å². The second-order valence-electron chi connectivity index (χ2n) is 6.68. The predicted octanol–water partition coefficient (Wildman–Crippen LogP) is 2.44. The van der Waals surface area contributed by atoms with Crippen molar-refractivity contribution in [2.24, 2.45) is 0 Å². The number of benzene rings is 2. The zero-order chi connectivity index (χ0) is 23.0. The van der Waals surface area contributed by atoms with Crippen LogP contribution in [0.4, 0.5) is 23.2 Å². The van der Waals surface area contributed by atoms with Gasteiger partial charge in [-0.05, 0) is 30.3 Å². The number of carbonyl (C=O) groups is 1. The van der Waals surface area contributed by atoms with Crippen LogP contribution in [-0.2, 0) is 17.5 Å². The molecule has 0 saturated carbocycles. The summed E-state index contributed by atoms with van der Waals surface area (Å²) in [6.07, 6.45) is -2.24. The summed E-state index contributed by atoms with van der Waals surface area (Å²) in [6, 6.07) is 9.55. The summed E-state index contributed by atoms with van der Waals surface area (Å²) >= 11 is 0. The van der Waals surface area contributed by atoms with Crippen LogP contribution < -0.4 is 16.6 Å². The lowest BCUT2D eigenvalue weighted by molar-refractivity contribution is -0.137. The van der Waals surface area contributed by atoms with Gasteiger partial charge >= 0.3 is 17.4 Å². The third-order valence-electron chi connectivity index (χ3n) is 4.53. The molecule has 8 nitrogen and oxygen atoms in total. The molecule has 12 heteroatoms. The Bertz CT molecular complexity index is 1450. The van der Waals surface area contributed by atoms with Crippen LogP contribution in [0.2, 0.25) is 0 Å². The zero-order valence-corrected chi connectivity index (χ0v) is 16.0. The molecule has 0 unspecified atom stereocenters. The van der Waals surface area contributed by atoms with E-state index in [9.17, 15) is 31.9 Å². The van der Waals surface area contributed by atoms with E-state index in [4.69, 9.17) is 0 Å². The minimum absolute atomic E-state index is 0.195. The minimum atomic E-state index is -4.69. The lowest BCUT2D eigenvalue weighted by atomic mass is 10.1. The summed E-state index contributed by atoms with van der Waals surface area (Å²) in [6.45, 7) is -0.730. The molecule has 0 aliphatic rings. The molecule has 4 rings (SSSR count). The second-order valence-corrected chi connectivity index (χ2v) is 6.68. The predicted molar refractivity (Wildman–Crippen MR) is 105 cm³/mol. The first kappa shape index (κ1) is 21.0. The number of carbonyl (C=O) groups excluding carboxylic acids is 1. The fraction of sp³-hybridized carbons (Fsp3) is 0.100. The topological polar surface area (TPSA) is 90.4 Å². The Morgan fingerprint density at radius 3 is 2.50 bits per heavy atom. The van der Waals surface area contributed by atoms with Gasteiger partial charge in [0.15, 0.2) is 0 Å². The van der Waals surface area contributed by atoms with Crippen molar-refractivity contribution in [2.45, 2.75) is 12.7 Å². The van der Waals surface area contributed by atoms with Gasteiger partial charge in [-0.1, -0.05) is 18.2 Å². The van der Waals surface area contributed by atoms with E-state index < -0.39 is 46.9 Å². The summed E-state index contributed by atoms with van der Waals surface area (Å²) in [5, 5.41) is 5.93. The lowest BCUT2D eigenvalue weighted by Gasteiger charge is -2.13. The third kappa shape index (κ3) is 3.89. The molecule has 164 valence electrons. The number of nitrogens with one attached hydrogen (secondary N) is 1. The van der Waals surface area contributed by atoms with Crippen molar-refractivity contribution in [3.63, 3.8) is 0 Å². The second kappa shape index (κ2) is 7.80. The molecule has 1 N–H and O–H groups in total. The molecule has 32 heavy (non-hydrogen) atoms. The minimum Gasteiger partial charge on any atom is -0.324 e. The van der Waals surface area contributed by atoms with E-state index >= 15 is 0 Å². The van der Waals surface area contributed by atoms with Crippen LogP contribution in [0, 0.1) is 5.82 Å². The van der Waals surface area contributed by atoms with E-state index in [1.165, 1.54) is 42.7 Å². The summed E-state index contributed by atoms with van der Waals surface area (Å²) < 4.78 is 55.4. The number of rotatable bonds is 4. The highest BCUT2D eigenvalue weighted by Gasteiger charge is 2.33. The number of halogens is 4. The highest BCUT2D eigenvalue weighted by Crippen LogP contribution is 2.34. The number of hydrogen-bond donors (Lipinski definition) is 1. The quantitative estimate of drug-likeness (QED) is 0.487. The van der Waals surface area contributed by atoms with Crippen LogP contribution in [0.3, 0.4) is 0 Å². The Morgan fingerprint density at radius 1 is 1.03 bits per heavy atom. The normalized spacial score (nSPS) is 11.6. The SMILES string of the molecule is O=C(Cn1nc2c(=O)n(-c3cccc(F)c3)ccn2c1=O)Nc1ccccc1C(F)(F)F. The molecular weight excluding hydrogens is 434 g/mol. The van der Waals surface area contributed by atoms with Gasteiger partial charge in [0.2, 0.25) is 11.6 Å². The highest BCUT2D eigenvalue weighted by atomic mass is 19.4. The third-order valence-corrected chi connectivity index (χ3v) is 4.53. The first-order valence-electron chi connectivity index (χ1n) is 9.08. The fourth-order valence-electron chi connectivity index (χ4n) is 3.11. The number of hydrogen-bond acceptors (Lipinski definition) is 4. The zero-order valence-electron chi connectivity index (χ0n) is 16.0. The van der Waals surface area contributed by atoms with Crippen molar-refractivity contribution < 1.29 is 22.4 Å². The first-order chi connectivity index (χ1) is 15.1. The van der Waals surface area contributed by atoms with Gasteiger partial charge in [0.25, 0.3) is 0 Å². The molecule has 4 aromatic rings. The number of alkyl halides is 3. The fourth-order valence-corrected chi connectivity index (χ4v) is 3.11. The monoisotopic (exact) mass is 447 g/mol. The van der Waals surface area contributed by atoms with Gasteiger partial charge in [0.05, 0.1) is 16.9 Å². The first-order valence-corrected chi connectivity index (χ1v) is 9.08. The van der Waals surface area contributed by atoms with Crippen LogP contribution >= 0.6 is 0 Å². The summed E-state index contributed by atoms with van der Waals surface area (Å²) in [7, 11) is 0.